The van der Waals surface area contributed by atoms with E-state index in [4.69, 9.17) is 9.15 Å². The molecule has 0 bridgehead atoms. The van der Waals surface area contributed by atoms with Crippen molar-refractivity contribution in [2.75, 3.05) is 12.1 Å². The standard InChI is InChI=1S/C20H14N4O5S/c1-28-14-7-8-15-17(11-14)30-20(22-15)23(21-12-13-5-3-2-4-6-13)19(25)16-9-10-18(29-16)24(26)27/h2-12H,1H3/b21-12+. The van der Waals surface area contributed by atoms with Crippen LogP contribution in [0.25, 0.3) is 10.2 Å². The number of hydrogen-bond donors (Lipinski definition) is 0. The molecule has 0 unspecified atom stereocenters. The van der Waals surface area contributed by atoms with Crippen molar-refractivity contribution in [2.45, 2.75) is 0 Å². The molecule has 0 aliphatic rings. The summed E-state index contributed by atoms with van der Waals surface area (Å²) in [6.45, 7) is 0. The fraction of sp³-hybridized carbons (Fsp3) is 0.0500. The normalized spacial score (nSPS) is 11.1. The SMILES string of the molecule is COc1ccc2nc(N(/N=C/c3ccccc3)C(=O)c3ccc([N+](=O)[O-])o3)sc2c1. The van der Waals surface area contributed by atoms with Gasteiger partial charge in [0.2, 0.25) is 10.9 Å². The third kappa shape index (κ3) is 3.89. The fourth-order valence-electron chi connectivity index (χ4n) is 2.61. The second-order valence-corrected chi connectivity index (χ2v) is 7.01. The largest absolute Gasteiger partial charge is 0.497 e. The van der Waals surface area contributed by atoms with Crippen LogP contribution in [-0.4, -0.2) is 29.1 Å². The summed E-state index contributed by atoms with van der Waals surface area (Å²) < 4.78 is 11.1. The maximum atomic E-state index is 13.0. The number of carbonyl (C=O) groups is 1. The third-order valence-corrected chi connectivity index (χ3v) is 5.06. The van der Waals surface area contributed by atoms with Crippen LogP contribution in [-0.2, 0) is 0 Å². The summed E-state index contributed by atoms with van der Waals surface area (Å²) in [6.07, 6.45) is 1.50. The number of fused-ring (bicyclic) bond motifs is 1. The molecule has 2 aromatic heterocycles. The highest BCUT2D eigenvalue weighted by Gasteiger charge is 2.26. The number of hydrogen-bond acceptors (Lipinski definition) is 8. The van der Waals surface area contributed by atoms with Crippen LogP contribution in [0.5, 0.6) is 5.75 Å². The molecule has 0 aliphatic heterocycles. The summed E-state index contributed by atoms with van der Waals surface area (Å²) in [6, 6.07) is 16.9. The number of benzene rings is 2. The van der Waals surface area contributed by atoms with Crippen molar-refractivity contribution in [3.8, 4) is 5.75 Å². The van der Waals surface area contributed by atoms with Crippen LogP contribution in [0.15, 0.2) is 70.2 Å². The minimum atomic E-state index is -0.710. The van der Waals surface area contributed by atoms with Gasteiger partial charge in [-0.05, 0) is 29.8 Å². The van der Waals surface area contributed by atoms with Gasteiger partial charge in [-0.3, -0.25) is 14.9 Å². The summed E-state index contributed by atoms with van der Waals surface area (Å²) >= 11 is 1.23. The van der Waals surface area contributed by atoms with Gasteiger partial charge in [-0.25, -0.2) is 4.98 Å². The van der Waals surface area contributed by atoms with Gasteiger partial charge < -0.3 is 9.15 Å². The predicted octanol–water partition coefficient (Wildman–Crippen LogP) is 4.49. The maximum absolute atomic E-state index is 13.0. The predicted molar refractivity (Wildman–Crippen MR) is 112 cm³/mol. The van der Waals surface area contributed by atoms with Gasteiger partial charge in [0.1, 0.15) is 10.7 Å². The Kier molecular flexibility index (Phi) is 5.22. The van der Waals surface area contributed by atoms with E-state index in [2.05, 4.69) is 10.1 Å². The lowest BCUT2D eigenvalue weighted by Crippen LogP contribution is -2.25. The topological polar surface area (TPSA) is 111 Å². The first-order valence-corrected chi connectivity index (χ1v) is 9.49. The van der Waals surface area contributed by atoms with Crippen molar-refractivity contribution in [3.63, 3.8) is 0 Å². The summed E-state index contributed by atoms with van der Waals surface area (Å²) in [5.74, 6) is -0.769. The van der Waals surface area contributed by atoms with Crippen molar-refractivity contribution in [1.82, 2.24) is 4.98 Å². The molecule has 2 aromatic carbocycles. The van der Waals surface area contributed by atoms with Crippen molar-refractivity contribution in [1.29, 1.82) is 0 Å². The summed E-state index contributed by atoms with van der Waals surface area (Å²) in [7, 11) is 1.56. The number of anilines is 1. The number of nitro groups is 1. The van der Waals surface area contributed by atoms with Gasteiger partial charge in [0, 0.05) is 0 Å². The van der Waals surface area contributed by atoms with Crippen LogP contribution in [0.1, 0.15) is 16.1 Å². The van der Waals surface area contributed by atoms with Crippen LogP contribution in [0.4, 0.5) is 11.0 Å². The van der Waals surface area contributed by atoms with Crippen LogP contribution in [0.3, 0.4) is 0 Å². The highest BCUT2D eigenvalue weighted by molar-refractivity contribution is 7.22. The van der Waals surface area contributed by atoms with E-state index < -0.39 is 16.7 Å². The van der Waals surface area contributed by atoms with E-state index >= 15 is 0 Å². The second-order valence-electron chi connectivity index (χ2n) is 6.00. The van der Waals surface area contributed by atoms with E-state index in [0.29, 0.717) is 11.3 Å². The molecule has 0 atom stereocenters. The zero-order chi connectivity index (χ0) is 21.1. The van der Waals surface area contributed by atoms with E-state index in [0.717, 1.165) is 21.3 Å². The van der Waals surface area contributed by atoms with Gasteiger partial charge in [-0.15, -0.1) is 0 Å². The number of rotatable bonds is 6. The molecule has 150 valence electrons. The van der Waals surface area contributed by atoms with E-state index in [1.54, 1.807) is 25.3 Å². The molecule has 0 radical (unpaired) electrons. The Morgan fingerprint density at radius 3 is 2.73 bits per heavy atom. The average molecular weight is 422 g/mol. The van der Waals surface area contributed by atoms with Crippen molar-refractivity contribution in [2.24, 2.45) is 5.10 Å². The molecule has 4 aromatic rings. The Hall–Kier alpha value is -4.05. The van der Waals surface area contributed by atoms with E-state index in [1.165, 1.54) is 23.6 Å². The van der Waals surface area contributed by atoms with Crippen molar-refractivity contribution < 1.29 is 18.9 Å². The fourth-order valence-corrected chi connectivity index (χ4v) is 3.56. The van der Waals surface area contributed by atoms with Crippen LogP contribution in [0.2, 0.25) is 0 Å². The van der Waals surface area contributed by atoms with Crippen molar-refractivity contribution in [3.05, 3.63) is 82.1 Å². The molecule has 0 aliphatic carbocycles. The molecule has 0 saturated carbocycles. The highest BCUT2D eigenvalue weighted by Crippen LogP contribution is 2.32. The Morgan fingerprint density at radius 2 is 2.03 bits per heavy atom. The molecule has 0 spiro atoms. The van der Waals surface area contributed by atoms with Gasteiger partial charge in [-0.2, -0.15) is 10.1 Å². The summed E-state index contributed by atoms with van der Waals surface area (Å²) in [5.41, 5.74) is 1.43. The number of methoxy groups -OCH3 is 1. The van der Waals surface area contributed by atoms with Gasteiger partial charge in [0.15, 0.2) is 0 Å². The number of furan rings is 1. The monoisotopic (exact) mass is 422 g/mol. The summed E-state index contributed by atoms with van der Waals surface area (Å²) in [5, 5.41) is 16.5. The van der Waals surface area contributed by atoms with Gasteiger partial charge in [0.25, 0.3) is 0 Å². The van der Waals surface area contributed by atoms with E-state index in [1.807, 2.05) is 30.3 Å². The Balaban J connectivity index is 1.75. The molecule has 10 heteroatoms. The molecule has 4 rings (SSSR count). The number of aromatic nitrogens is 1. The third-order valence-electron chi connectivity index (χ3n) is 4.06. The minimum Gasteiger partial charge on any atom is -0.497 e. The van der Waals surface area contributed by atoms with Gasteiger partial charge in [0.05, 0.1) is 29.6 Å². The summed E-state index contributed by atoms with van der Waals surface area (Å²) in [4.78, 5) is 27.7. The molecular formula is C20H14N4O5S. The quantitative estimate of drug-likeness (QED) is 0.257. The number of nitrogens with zero attached hydrogens (tertiary/aromatic N) is 4. The van der Waals surface area contributed by atoms with Crippen LogP contribution in [0, 0.1) is 10.1 Å². The van der Waals surface area contributed by atoms with Gasteiger partial charge >= 0.3 is 11.8 Å². The zero-order valence-corrected chi connectivity index (χ0v) is 16.4. The first kappa shape index (κ1) is 19.3. The molecule has 30 heavy (non-hydrogen) atoms. The average Bonchev–Trinajstić information content (AvgIpc) is 3.41. The lowest BCUT2D eigenvalue weighted by atomic mass is 10.2. The molecular weight excluding hydrogens is 408 g/mol. The molecule has 1 amide bonds. The van der Waals surface area contributed by atoms with Crippen LogP contribution >= 0.6 is 11.3 Å². The molecule has 0 saturated heterocycles. The lowest BCUT2D eigenvalue weighted by Gasteiger charge is -2.11. The van der Waals surface area contributed by atoms with E-state index in [9.17, 15) is 14.9 Å². The number of carbonyl (C=O) groups excluding carboxylic acids is 1. The van der Waals surface area contributed by atoms with E-state index in [-0.39, 0.29) is 10.9 Å². The first-order chi connectivity index (χ1) is 14.5. The zero-order valence-electron chi connectivity index (χ0n) is 15.6. The Morgan fingerprint density at radius 1 is 1.23 bits per heavy atom. The minimum absolute atomic E-state index is 0.219. The first-order valence-electron chi connectivity index (χ1n) is 8.67. The maximum Gasteiger partial charge on any atom is 0.433 e. The Bertz CT molecular complexity index is 1250. The lowest BCUT2D eigenvalue weighted by molar-refractivity contribution is -0.402. The van der Waals surface area contributed by atoms with Crippen LogP contribution < -0.4 is 9.75 Å². The Labute approximate surface area is 174 Å². The molecule has 0 N–H and O–H groups in total. The second kappa shape index (κ2) is 8.13. The van der Waals surface area contributed by atoms with Gasteiger partial charge in [-0.1, -0.05) is 41.7 Å². The number of amides is 1. The molecule has 9 nitrogen and oxygen atoms in total. The number of thiazole rings is 1. The molecule has 0 fully saturated rings. The van der Waals surface area contributed by atoms with Crippen molar-refractivity contribution >= 4 is 44.7 Å². The number of ether oxygens (including phenoxy) is 1. The highest BCUT2D eigenvalue weighted by atomic mass is 32.1. The number of hydrazone groups is 1. The molecule has 2 heterocycles. The smallest absolute Gasteiger partial charge is 0.433 e.